The molecular formula is C22H23F3N2O9S. The molecule has 11 nitrogen and oxygen atoms in total. The molecule has 202 valence electrons. The number of amides is 1. The third-order valence-electron chi connectivity index (χ3n) is 4.62. The third-order valence-corrected chi connectivity index (χ3v) is 5.85. The van der Waals surface area contributed by atoms with Gasteiger partial charge in [0.05, 0.1) is 4.88 Å². The van der Waals surface area contributed by atoms with Gasteiger partial charge in [0, 0.05) is 24.5 Å². The molecule has 2 aromatic rings. The van der Waals surface area contributed by atoms with E-state index in [4.69, 9.17) is 29.6 Å². The van der Waals surface area contributed by atoms with Gasteiger partial charge in [-0.25, -0.2) is 14.4 Å². The van der Waals surface area contributed by atoms with Crippen LogP contribution in [0.15, 0.2) is 24.3 Å². The normalized spacial score (nSPS) is 12.4. The zero-order valence-corrected chi connectivity index (χ0v) is 19.9. The predicted octanol–water partition coefficient (Wildman–Crippen LogP) is 1.93. The number of benzene rings is 1. The fraction of sp³-hybridized carbons (Fsp3) is 0.364. The fourth-order valence-electron chi connectivity index (χ4n) is 2.99. The van der Waals surface area contributed by atoms with E-state index in [2.05, 4.69) is 10.6 Å². The van der Waals surface area contributed by atoms with Crippen molar-refractivity contribution < 1.29 is 57.1 Å². The van der Waals surface area contributed by atoms with Crippen LogP contribution >= 0.6 is 11.3 Å². The molecule has 15 heteroatoms. The predicted molar refractivity (Wildman–Crippen MR) is 122 cm³/mol. The summed E-state index contributed by atoms with van der Waals surface area (Å²) in [6.45, 7) is 0.940. The summed E-state index contributed by atoms with van der Waals surface area (Å²) in [7, 11) is 0. The molecule has 37 heavy (non-hydrogen) atoms. The second-order valence-electron chi connectivity index (χ2n) is 7.44. The van der Waals surface area contributed by atoms with Crippen LogP contribution in [-0.2, 0) is 33.8 Å². The lowest BCUT2D eigenvalue weighted by Crippen LogP contribution is -2.25. The second kappa shape index (κ2) is 13.5. The molecule has 0 saturated heterocycles. The van der Waals surface area contributed by atoms with Crippen molar-refractivity contribution in [2.75, 3.05) is 26.3 Å². The van der Waals surface area contributed by atoms with E-state index >= 15 is 0 Å². The largest absolute Gasteiger partial charge is 0.490 e. The molecule has 0 bridgehead atoms. The Morgan fingerprint density at radius 3 is 2.19 bits per heavy atom. The highest BCUT2D eigenvalue weighted by Gasteiger charge is 2.38. The molecular weight excluding hydrogens is 525 g/mol. The summed E-state index contributed by atoms with van der Waals surface area (Å²) in [6, 6.07) is 6.75. The Morgan fingerprint density at radius 1 is 1.00 bits per heavy atom. The number of thiophene rings is 1. The summed E-state index contributed by atoms with van der Waals surface area (Å²) in [5.41, 5.74) is 1.96. The molecule has 1 amide bonds. The Morgan fingerprint density at radius 2 is 1.62 bits per heavy atom. The van der Waals surface area contributed by atoms with E-state index in [1.165, 1.54) is 27.8 Å². The summed E-state index contributed by atoms with van der Waals surface area (Å²) in [5.74, 6) is -4.92. The van der Waals surface area contributed by atoms with Gasteiger partial charge >= 0.3 is 24.1 Å². The molecule has 0 aliphatic carbocycles. The summed E-state index contributed by atoms with van der Waals surface area (Å²) in [6.07, 6.45) is -3.66. The molecule has 0 atom stereocenters. The summed E-state index contributed by atoms with van der Waals surface area (Å²) < 4.78 is 42.1. The van der Waals surface area contributed by atoms with Gasteiger partial charge in [-0.05, 0) is 42.2 Å². The minimum Gasteiger partial charge on any atom is -0.479 e. The lowest BCUT2D eigenvalue weighted by atomic mass is 10.1. The van der Waals surface area contributed by atoms with E-state index in [0.29, 0.717) is 17.8 Å². The number of carboxylic acid groups (broad SMARTS) is 3. The Hall–Kier alpha value is -3.85. The van der Waals surface area contributed by atoms with Gasteiger partial charge in [-0.15, -0.1) is 11.3 Å². The van der Waals surface area contributed by atoms with E-state index in [9.17, 15) is 27.6 Å². The molecule has 1 aromatic heterocycles. The van der Waals surface area contributed by atoms with Crippen LogP contribution in [-0.4, -0.2) is 71.6 Å². The van der Waals surface area contributed by atoms with Crippen molar-refractivity contribution >= 4 is 35.2 Å². The number of hydrogen-bond acceptors (Lipinski definition) is 8. The fourth-order valence-corrected chi connectivity index (χ4v) is 4.09. The summed E-state index contributed by atoms with van der Waals surface area (Å²) in [4.78, 5) is 44.7. The van der Waals surface area contributed by atoms with Gasteiger partial charge in [0.1, 0.15) is 0 Å². The maximum absolute atomic E-state index is 12.4. The molecule has 0 saturated carbocycles. The monoisotopic (exact) mass is 548 g/mol. The minimum absolute atomic E-state index is 0.127. The van der Waals surface area contributed by atoms with Gasteiger partial charge in [0.2, 0.25) is 0 Å². The van der Waals surface area contributed by atoms with Gasteiger partial charge in [-0.3, -0.25) is 4.79 Å². The molecule has 1 aliphatic heterocycles. The van der Waals surface area contributed by atoms with Crippen LogP contribution in [0, 0.1) is 0 Å². The van der Waals surface area contributed by atoms with Crippen molar-refractivity contribution in [1.82, 2.24) is 10.6 Å². The first-order chi connectivity index (χ1) is 17.4. The maximum atomic E-state index is 12.4. The highest BCUT2D eigenvalue weighted by Crippen LogP contribution is 2.29. The van der Waals surface area contributed by atoms with Gasteiger partial charge in [-0.1, -0.05) is 6.07 Å². The standard InChI is InChI=1S/C20H22N2O7S.C2HF3O2/c23-18(24)10-28-14-2-1-12(7-15(14)29-11-19(25)26)3-6-22-20(27)17-8-13-9-21-5-4-16(13)30-17;3-2(4,5)1(6)7/h1-2,7-8,21H,3-6,9-11H2,(H,22,27)(H,23,24)(H,25,26);(H,6,7). The molecule has 1 aliphatic rings. The number of carbonyl (C=O) groups excluding carboxylic acids is 1. The number of aliphatic carboxylic acids is 3. The first-order valence-corrected chi connectivity index (χ1v) is 11.4. The Bertz CT molecular complexity index is 1110. The third kappa shape index (κ3) is 9.97. The summed E-state index contributed by atoms with van der Waals surface area (Å²) >= 11 is 1.52. The van der Waals surface area contributed by atoms with Crippen LogP contribution in [0.1, 0.15) is 25.7 Å². The van der Waals surface area contributed by atoms with Gasteiger partial charge < -0.3 is 35.4 Å². The van der Waals surface area contributed by atoms with Crippen molar-refractivity contribution in [3.05, 3.63) is 45.1 Å². The van der Waals surface area contributed by atoms with E-state index < -0.39 is 37.3 Å². The van der Waals surface area contributed by atoms with E-state index in [1.54, 1.807) is 12.1 Å². The first-order valence-electron chi connectivity index (χ1n) is 10.6. The first kappa shape index (κ1) is 29.4. The lowest BCUT2D eigenvalue weighted by Gasteiger charge is -2.12. The second-order valence-corrected chi connectivity index (χ2v) is 8.58. The quantitative estimate of drug-likeness (QED) is 0.295. The molecule has 0 unspecified atom stereocenters. The average Bonchev–Trinajstić information content (AvgIpc) is 3.26. The van der Waals surface area contributed by atoms with Crippen LogP contribution in [0.3, 0.4) is 0 Å². The van der Waals surface area contributed by atoms with E-state index in [-0.39, 0.29) is 17.4 Å². The van der Waals surface area contributed by atoms with Crippen LogP contribution in [0.2, 0.25) is 0 Å². The molecule has 5 N–H and O–H groups in total. The number of halogens is 3. The van der Waals surface area contributed by atoms with Gasteiger partial charge in [0.15, 0.2) is 24.7 Å². The minimum atomic E-state index is -5.08. The number of alkyl halides is 3. The number of carboxylic acids is 3. The lowest BCUT2D eigenvalue weighted by molar-refractivity contribution is -0.192. The van der Waals surface area contributed by atoms with Crippen LogP contribution in [0.4, 0.5) is 13.2 Å². The smallest absolute Gasteiger partial charge is 0.479 e. The average molecular weight is 548 g/mol. The molecule has 0 spiro atoms. The molecule has 1 aromatic carbocycles. The SMILES string of the molecule is O=C(O)C(F)(F)F.O=C(O)COc1ccc(CCNC(=O)c2cc3c(s2)CCNC3)cc1OCC(=O)O. The van der Waals surface area contributed by atoms with Crippen LogP contribution in [0.5, 0.6) is 11.5 Å². The Kier molecular flexibility index (Phi) is 10.7. The van der Waals surface area contributed by atoms with Crippen molar-refractivity contribution in [1.29, 1.82) is 0 Å². The van der Waals surface area contributed by atoms with Gasteiger partial charge in [0.25, 0.3) is 5.91 Å². The van der Waals surface area contributed by atoms with Crippen molar-refractivity contribution in [2.24, 2.45) is 0 Å². The van der Waals surface area contributed by atoms with E-state index in [0.717, 1.165) is 25.1 Å². The number of carbonyl (C=O) groups is 4. The highest BCUT2D eigenvalue weighted by molar-refractivity contribution is 7.14. The van der Waals surface area contributed by atoms with Gasteiger partial charge in [-0.2, -0.15) is 13.2 Å². The number of ether oxygens (including phenoxy) is 2. The zero-order valence-electron chi connectivity index (χ0n) is 19.1. The topological polar surface area (TPSA) is 171 Å². The van der Waals surface area contributed by atoms with Crippen molar-refractivity contribution in [3.63, 3.8) is 0 Å². The molecule has 2 heterocycles. The van der Waals surface area contributed by atoms with Crippen LogP contribution < -0.4 is 20.1 Å². The maximum Gasteiger partial charge on any atom is 0.490 e. The number of hydrogen-bond donors (Lipinski definition) is 5. The number of fused-ring (bicyclic) bond motifs is 1. The molecule has 3 rings (SSSR count). The Balaban J connectivity index is 0.000000604. The highest BCUT2D eigenvalue weighted by atomic mass is 32.1. The van der Waals surface area contributed by atoms with Crippen molar-refractivity contribution in [3.8, 4) is 11.5 Å². The van der Waals surface area contributed by atoms with E-state index in [1.807, 2.05) is 6.07 Å². The van der Waals surface area contributed by atoms with Crippen molar-refractivity contribution in [2.45, 2.75) is 25.6 Å². The zero-order chi connectivity index (χ0) is 27.6. The summed E-state index contributed by atoms with van der Waals surface area (Å²) in [5, 5.41) is 30.9. The number of rotatable bonds is 10. The van der Waals surface area contributed by atoms with Crippen LogP contribution in [0.25, 0.3) is 0 Å². The number of nitrogens with one attached hydrogen (secondary N) is 2. The Labute approximate surface area is 211 Å². The molecule has 0 radical (unpaired) electrons. The molecule has 0 fully saturated rings.